The molecule has 2 unspecified atom stereocenters. The van der Waals surface area contributed by atoms with Gasteiger partial charge in [0.25, 0.3) is 0 Å². The van der Waals surface area contributed by atoms with Crippen molar-refractivity contribution < 1.29 is 4.42 Å². The Morgan fingerprint density at radius 2 is 2.47 bits per heavy atom. The number of aromatic nitrogens is 1. The van der Waals surface area contributed by atoms with Crippen LogP contribution in [0.5, 0.6) is 0 Å². The van der Waals surface area contributed by atoms with Crippen LogP contribution in [0.2, 0.25) is 0 Å². The Kier molecular flexibility index (Phi) is 3.68. The van der Waals surface area contributed by atoms with Gasteiger partial charge in [-0.3, -0.25) is 4.90 Å². The fraction of sp³-hybridized carbons (Fsp3) is 0.500. The van der Waals surface area contributed by atoms with E-state index in [0.29, 0.717) is 12.0 Å². The van der Waals surface area contributed by atoms with Gasteiger partial charge in [0.1, 0.15) is 6.26 Å². The average Bonchev–Trinajstić information content (AvgIpc) is 3.11. The lowest BCUT2D eigenvalue weighted by atomic mass is 10.1. The van der Waals surface area contributed by atoms with E-state index in [1.165, 1.54) is 6.42 Å². The van der Waals surface area contributed by atoms with Crippen molar-refractivity contribution in [2.75, 3.05) is 13.1 Å². The van der Waals surface area contributed by atoms with Gasteiger partial charge in [-0.05, 0) is 37.3 Å². The Morgan fingerprint density at radius 3 is 3.16 bits per heavy atom. The third-order valence-corrected chi connectivity index (χ3v) is 4.63. The highest BCUT2D eigenvalue weighted by Gasteiger charge is 2.28. The van der Waals surface area contributed by atoms with Gasteiger partial charge in [0, 0.05) is 19.1 Å². The lowest BCUT2D eigenvalue weighted by Gasteiger charge is -2.19. The standard InChI is InChI=1S/C14H19N3OS/c1-10-5-11(6-15)7-17(10)8-12-9-18-14(16-12)13-3-2-4-19-13/h2-4,9-11H,5-8,15H2,1H3. The van der Waals surface area contributed by atoms with Crippen molar-refractivity contribution in [1.29, 1.82) is 0 Å². The molecular weight excluding hydrogens is 258 g/mol. The lowest BCUT2D eigenvalue weighted by molar-refractivity contribution is 0.252. The van der Waals surface area contributed by atoms with Crippen LogP contribution in [0.25, 0.3) is 10.8 Å². The van der Waals surface area contributed by atoms with Gasteiger partial charge < -0.3 is 10.2 Å². The molecule has 102 valence electrons. The SMILES string of the molecule is CC1CC(CN)CN1Cc1coc(-c2cccs2)n1. The first-order valence-electron chi connectivity index (χ1n) is 6.68. The second kappa shape index (κ2) is 5.45. The Balaban J connectivity index is 1.68. The Bertz CT molecular complexity index is 523. The molecule has 0 spiro atoms. The van der Waals surface area contributed by atoms with E-state index in [-0.39, 0.29) is 0 Å². The first-order chi connectivity index (χ1) is 9.26. The van der Waals surface area contributed by atoms with Gasteiger partial charge in [-0.15, -0.1) is 11.3 Å². The summed E-state index contributed by atoms with van der Waals surface area (Å²) >= 11 is 1.65. The first kappa shape index (κ1) is 12.8. The molecule has 2 N–H and O–H groups in total. The summed E-state index contributed by atoms with van der Waals surface area (Å²) in [7, 11) is 0. The fourth-order valence-electron chi connectivity index (χ4n) is 2.71. The first-order valence-corrected chi connectivity index (χ1v) is 7.56. The topological polar surface area (TPSA) is 55.3 Å². The third-order valence-electron chi connectivity index (χ3n) is 3.77. The zero-order valence-electron chi connectivity index (χ0n) is 11.1. The predicted octanol–water partition coefficient (Wildman–Crippen LogP) is 2.57. The highest BCUT2D eigenvalue weighted by Crippen LogP contribution is 2.26. The molecule has 0 amide bonds. The molecule has 0 aromatic carbocycles. The van der Waals surface area contributed by atoms with Crippen molar-refractivity contribution in [3.05, 3.63) is 29.5 Å². The van der Waals surface area contributed by atoms with Crippen LogP contribution in [0.3, 0.4) is 0 Å². The number of likely N-dealkylation sites (tertiary alicyclic amines) is 1. The minimum absolute atomic E-state index is 0.579. The molecule has 2 atom stereocenters. The molecule has 0 bridgehead atoms. The van der Waals surface area contributed by atoms with E-state index in [2.05, 4.69) is 16.8 Å². The molecule has 19 heavy (non-hydrogen) atoms. The molecule has 1 fully saturated rings. The van der Waals surface area contributed by atoms with E-state index >= 15 is 0 Å². The monoisotopic (exact) mass is 277 g/mol. The highest BCUT2D eigenvalue weighted by molar-refractivity contribution is 7.13. The second-order valence-electron chi connectivity index (χ2n) is 5.24. The van der Waals surface area contributed by atoms with E-state index in [4.69, 9.17) is 10.2 Å². The molecule has 3 rings (SSSR count). The van der Waals surface area contributed by atoms with Crippen molar-refractivity contribution in [3.8, 4) is 10.8 Å². The van der Waals surface area contributed by atoms with Crippen LogP contribution in [0.1, 0.15) is 19.0 Å². The van der Waals surface area contributed by atoms with Crippen molar-refractivity contribution in [3.63, 3.8) is 0 Å². The maximum atomic E-state index is 5.76. The summed E-state index contributed by atoms with van der Waals surface area (Å²) in [5.74, 6) is 1.35. The zero-order valence-corrected chi connectivity index (χ0v) is 11.9. The fourth-order valence-corrected chi connectivity index (χ4v) is 3.37. The quantitative estimate of drug-likeness (QED) is 0.933. The molecule has 1 aliphatic heterocycles. The third kappa shape index (κ3) is 2.73. The lowest BCUT2D eigenvalue weighted by Crippen LogP contribution is -2.27. The Hall–Kier alpha value is -1.17. The van der Waals surface area contributed by atoms with E-state index in [0.717, 1.165) is 36.1 Å². The maximum absolute atomic E-state index is 5.76. The molecule has 0 aliphatic carbocycles. The van der Waals surface area contributed by atoms with E-state index in [9.17, 15) is 0 Å². The van der Waals surface area contributed by atoms with Crippen LogP contribution in [0.15, 0.2) is 28.2 Å². The Morgan fingerprint density at radius 1 is 1.58 bits per heavy atom. The smallest absolute Gasteiger partial charge is 0.236 e. The summed E-state index contributed by atoms with van der Waals surface area (Å²) in [4.78, 5) is 8.09. The van der Waals surface area contributed by atoms with Crippen molar-refractivity contribution >= 4 is 11.3 Å². The van der Waals surface area contributed by atoms with Crippen LogP contribution in [0, 0.1) is 5.92 Å². The summed E-state index contributed by atoms with van der Waals surface area (Å²) in [6.45, 7) is 4.96. The summed E-state index contributed by atoms with van der Waals surface area (Å²) < 4.78 is 5.56. The van der Waals surface area contributed by atoms with E-state index < -0.39 is 0 Å². The molecule has 0 radical (unpaired) electrons. The van der Waals surface area contributed by atoms with Gasteiger partial charge >= 0.3 is 0 Å². The molecule has 0 saturated carbocycles. The van der Waals surface area contributed by atoms with Gasteiger partial charge in [-0.1, -0.05) is 6.07 Å². The second-order valence-corrected chi connectivity index (χ2v) is 6.18. The van der Waals surface area contributed by atoms with Gasteiger partial charge in [-0.2, -0.15) is 0 Å². The molecule has 3 heterocycles. The molecule has 1 saturated heterocycles. The normalized spacial score (nSPS) is 24.1. The van der Waals surface area contributed by atoms with Gasteiger partial charge in [0.05, 0.1) is 10.6 Å². The van der Waals surface area contributed by atoms with Crippen molar-refractivity contribution in [2.24, 2.45) is 11.7 Å². The number of nitrogens with two attached hydrogens (primary N) is 1. The number of oxazole rings is 1. The molecule has 2 aromatic heterocycles. The van der Waals surface area contributed by atoms with Crippen LogP contribution in [-0.4, -0.2) is 29.0 Å². The number of thiophene rings is 1. The molecular formula is C14H19N3OS. The van der Waals surface area contributed by atoms with Crippen LogP contribution >= 0.6 is 11.3 Å². The summed E-state index contributed by atoms with van der Waals surface area (Å²) in [5, 5.41) is 2.04. The van der Waals surface area contributed by atoms with E-state index in [1.807, 2.05) is 17.5 Å². The Labute approximate surface area is 117 Å². The summed E-state index contributed by atoms with van der Waals surface area (Å²) in [6.07, 6.45) is 2.96. The maximum Gasteiger partial charge on any atom is 0.236 e. The minimum atomic E-state index is 0.579. The van der Waals surface area contributed by atoms with Crippen LogP contribution < -0.4 is 5.73 Å². The molecule has 2 aromatic rings. The van der Waals surface area contributed by atoms with Gasteiger partial charge in [0.15, 0.2) is 0 Å². The van der Waals surface area contributed by atoms with Crippen LogP contribution in [-0.2, 0) is 6.54 Å². The van der Waals surface area contributed by atoms with Crippen LogP contribution in [0.4, 0.5) is 0 Å². The highest BCUT2D eigenvalue weighted by atomic mass is 32.1. The summed E-state index contributed by atoms with van der Waals surface area (Å²) in [5.41, 5.74) is 6.77. The largest absolute Gasteiger partial charge is 0.444 e. The van der Waals surface area contributed by atoms with Crippen molar-refractivity contribution in [1.82, 2.24) is 9.88 Å². The van der Waals surface area contributed by atoms with Crippen molar-refractivity contribution in [2.45, 2.75) is 25.9 Å². The minimum Gasteiger partial charge on any atom is -0.444 e. The average molecular weight is 277 g/mol. The summed E-state index contributed by atoms with van der Waals surface area (Å²) in [6, 6.07) is 4.62. The van der Waals surface area contributed by atoms with Gasteiger partial charge in [0.2, 0.25) is 5.89 Å². The zero-order chi connectivity index (χ0) is 13.2. The van der Waals surface area contributed by atoms with E-state index in [1.54, 1.807) is 17.6 Å². The number of hydrogen-bond donors (Lipinski definition) is 1. The molecule has 4 nitrogen and oxygen atoms in total. The predicted molar refractivity (Wildman–Crippen MR) is 76.8 cm³/mol. The number of nitrogens with zero attached hydrogens (tertiary/aromatic N) is 2. The molecule has 5 heteroatoms. The number of hydrogen-bond acceptors (Lipinski definition) is 5. The number of rotatable bonds is 4. The molecule has 1 aliphatic rings. The van der Waals surface area contributed by atoms with Gasteiger partial charge in [-0.25, -0.2) is 4.98 Å².